The molecule has 3 heterocycles. The summed E-state index contributed by atoms with van der Waals surface area (Å²) in [7, 11) is 0. The number of carbonyl (C=O) groups is 1. The van der Waals surface area contributed by atoms with Crippen molar-refractivity contribution in [1.29, 1.82) is 10.8 Å². The fraction of sp³-hybridized carbons (Fsp3) is 0.370. The molecule has 0 bridgehead atoms. The van der Waals surface area contributed by atoms with Gasteiger partial charge in [-0.3, -0.25) is 9.78 Å². The second-order valence-corrected chi connectivity index (χ2v) is 9.35. The van der Waals surface area contributed by atoms with Crippen molar-refractivity contribution < 1.29 is 4.79 Å². The molecule has 2 fully saturated rings. The Kier molecular flexibility index (Phi) is 7.39. The number of nitrogen functional groups attached to an aromatic ring is 1. The largest absolute Gasteiger partial charge is 0.398 e. The standard InChI is InChI=1S/C25H29N5O.C2H4N2/c1-18-7-8-20(26)19(15-18)17-30-12-4-9-25(24(30)31)10-13-29(14-11-25)23-16-27-21-5-2-3-6-22(21)28-23;3-1-2-4/h2-3,5-8,15-16H,4,9-14,17,26H2,1H3;1-4H. The maximum atomic E-state index is 13.6. The predicted molar refractivity (Wildman–Crippen MR) is 141 cm³/mol. The Balaban J connectivity index is 0.000000672. The number of amides is 1. The number of likely N-dealkylation sites (tertiary alicyclic amines) is 1. The van der Waals surface area contributed by atoms with Crippen molar-refractivity contribution in [2.75, 3.05) is 30.3 Å². The fourth-order valence-electron chi connectivity index (χ4n) is 5.11. The van der Waals surface area contributed by atoms with E-state index < -0.39 is 0 Å². The molecule has 0 aliphatic carbocycles. The Labute approximate surface area is 206 Å². The first kappa shape index (κ1) is 24.3. The number of carbonyl (C=O) groups excluding carboxylic acids is 1. The van der Waals surface area contributed by atoms with E-state index in [0.717, 1.165) is 85.8 Å². The van der Waals surface area contributed by atoms with E-state index in [1.165, 1.54) is 5.56 Å². The van der Waals surface area contributed by atoms with E-state index in [-0.39, 0.29) is 5.41 Å². The lowest BCUT2D eigenvalue weighted by Gasteiger charge is -2.46. The molecular weight excluding hydrogens is 438 g/mol. The molecule has 8 heteroatoms. The Bertz CT molecular complexity index is 1210. The van der Waals surface area contributed by atoms with Crippen molar-refractivity contribution in [1.82, 2.24) is 14.9 Å². The Morgan fingerprint density at radius 2 is 1.74 bits per heavy atom. The van der Waals surface area contributed by atoms with Gasteiger partial charge in [0.05, 0.1) is 22.6 Å². The molecule has 1 spiro atoms. The van der Waals surface area contributed by atoms with Gasteiger partial charge in [-0.2, -0.15) is 0 Å². The molecule has 35 heavy (non-hydrogen) atoms. The molecular formula is C27H33N7O. The van der Waals surface area contributed by atoms with Crippen LogP contribution in [0.1, 0.15) is 36.8 Å². The number of nitrogens with two attached hydrogens (primary N) is 1. The van der Waals surface area contributed by atoms with Crippen molar-refractivity contribution in [2.45, 2.75) is 39.2 Å². The van der Waals surface area contributed by atoms with Gasteiger partial charge in [0.15, 0.2) is 0 Å². The minimum Gasteiger partial charge on any atom is -0.398 e. The first-order valence-electron chi connectivity index (χ1n) is 12.1. The predicted octanol–water partition coefficient (Wildman–Crippen LogP) is 4.22. The molecule has 182 valence electrons. The van der Waals surface area contributed by atoms with Gasteiger partial charge < -0.3 is 26.4 Å². The van der Waals surface area contributed by atoms with Crippen molar-refractivity contribution in [3.05, 3.63) is 59.8 Å². The molecule has 2 aliphatic heterocycles. The molecule has 3 aromatic rings. The van der Waals surface area contributed by atoms with E-state index >= 15 is 0 Å². The van der Waals surface area contributed by atoms with E-state index in [0.29, 0.717) is 12.5 Å². The third-order valence-electron chi connectivity index (χ3n) is 7.05. The number of para-hydroxylation sites is 2. The normalized spacial score (nSPS) is 17.1. The molecule has 0 saturated carbocycles. The van der Waals surface area contributed by atoms with Crippen LogP contribution in [0, 0.1) is 23.2 Å². The number of nitrogens with one attached hydrogen (secondary N) is 2. The van der Waals surface area contributed by atoms with Crippen LogP contribution in [-0.2, 0) is 11.3 Å². The molecule has 5 rings (SSSR count). The molecule has 0 atom stereocenters. The van der Waals surface area contributed by atoms with Gasteiger partial charge in [-0.15, -0.1) is 0 Å². The number of hydrogen-bond donors (Lipinski definition) is 3. The average Bonchev–Trinajstić information content (AvgIpc) is 2.89. The molecule has 0 radical (unpaired) electrons. The summed E-state index contributed by atoms with van der Waals surface area (Å²) < 4.78 is 0. The highest BCUT2D eigenvalue weighted by atomic mass is 16.2. The van der Waals surface area contributed by atoms with Gasteiger partial charge in [-0.25, -0.2) is 4.98 Å². The highest BCUT2D eigenvalue weighted by molar-refractivity contribution is 6.12. The van der Waals surface area contributed by atoms with Crippen LogP contribution in [0.3, 0.4) is 0 Å². The number of piperidine rings is 2. The van der Waals surface area contributed by atoms with Gasteiger partial charge in [0.1, 0.15) is 5.82 Å². The van der Waals surface area contributed by atoms with Crippen LogP contribution in [0.4, 0.5) is 11.5 Å². The summed E-state index contributed by atoms with van der Waals surface area (Å²) in [4.78, 5) is 27.2. The lowest BCUT2D eigenvalue weighted by atomic mass is 9.71. The molecule has 8 nitrogen and oxygen atoms in total. The number of rotatable bonds is 4. The van der Waals surface area contributed by atoms with Crippen LogP contribution < -0.4 is 10.6 Å². The van der Waals surface area contributed by atoms with Gasteiger partial charge in [-0.05, 0) is 56.4 Å². The number of aryl methyl sites for hydroxylation is 1. The molecule has 1 amide bonds. The molecule has 2 saturated heterocycles. The van der Waals surface area contributed by atoms with Crippen molar-refractivity contribution in [3.8, 4) is 0 Å². The van der Waals surface area contributed by atoms with Crippen LogP contribution in [-0.4, -0.2) is 52.8 Å². The summed E-state index contributed by atoms with van der Waals surface area (Å²) in [5, 5.41) is 12.2. The monoisotopic (exact) mass is 471 g/mol. The van der Waals surface area contributed by atoms with Gasteiger partial charge in [-0.1, -0.05) is 29.8 Å². The topological polar surface area (TPSA) is 123 Å². The summed E-state index contributed by atoms with van der Waals surface area (Å²) in [6, 6.07) is 14.0. The molecule has 1 aromatic heterocycles. The maximum Gasteiger partial charge on any atom is 0.229 e. The number of benzene rings is 2. The second-order valence-electron chi connectivity index (χ2n) is 9.35. The maximum absolute atomic E-state index is 13.6. The zero-order chi connectivity index (χ0) is 24.8. The molecule has 2 aliphatic rings. The number of hydrogen-bond acceptors (Lipinski definition) is 7. The van der Waals surface area contributed by atoms with Crippen LogP contribution >= 0.6 is 0 Å². The van der Waals surface area contributed by atoms with E-state index in [9.17, 15) is 4.79 Å². The van der Waals surface area contributed by atoms with Crippen LogP contribution in [0.25, 0.3) is 11.0 Å². The summed E-state index contributed by atoms with van der Waals surface area (Å²) in [5.41, 5.74) is 10.7. The van der Waals surface area contributed by atoms with Crippen molar-refractivity contribution in [2.24, 2.45) is 5.41 Å². The summed E-state index contributed by atoms with van der Waals surface area (Å²) in [6.45, 7) is 5.15. The summed E-state index contributed by atoms with van der Waals surface area (Å²) in [6.07, 6.45) is 7.44. The van der Waals surface area contributed by atoms with E-state index in [2.05, 4.69) is 22.9 Å². The zero-order valence-electron chi connectivity index (χ0n) is 20.2. The molecule has 0 unspecified atom stereocenters. The molecule has 4 N–H and O–H groups in total. The first-order valence-corrected chi connectivity index (χ1v) is 12.1. The summed E-state index contributed by atoms with van der Waals surface area (Å²) in [5.74, 6) is 1.20. The summed E-state index contributed by atoms with van der Waals surface area (Å²) >= 11 is 0. The van der Waals surface area contributed by atoms with E-state index in [1.807, 2.05) is 47.5 Å². The van der Waals surface area contributed by atoms with Gasteiger partial charge in [0.25, 0.3) is 0 Å². The van der Waals surface area contributed by atoms with Gasteiger partial charge >= 0.3 is 0 Å². The Morgan fingerprint density at radius 3 is 2.46 bits per heavy atom. The minimum atomic E-state index is -0.252. The Morgan fingerprint density at radius 1 is 1.03 bits per heavy atom. The van der Waals surface area contributed by atoms with Crippen molar-refractivity contribution >= 4 is 40.9 Å². The van der Waals surface area contributed by atoms with E-state index in [4.69, 9.17) is 21.5 Å². The lowest BCUT2D eigenvalue weighted by Crippen LogP contribution is -2.53. The van der Waals surface area contributed by atoms with Crippen molar-refractivity contribution in [3.63, 3.8) is 0 Å². The van der Waals surface area contributed by atoms with Crippen LogP contribution in [0.15, 0.2) is 48.7 Å². The average molecular weight is 472 g/mol. The Hall–Kier alpha value is -3.81. The first-order chi connectivity index (χ1) is 17.0. The van der Waals surface area contributed by atoms with Crippen LogP contribution in [0.5, 0.6) is 0 Å². The smallest absolute Gasteiger partial charge is 0.229 e. The van der Waals surface area contributed by atoms with Gasteiger partial charge in [0.2, 0.25) is 5.91 Å². The van der Waals surface area contributed by atoms with E-state index in [1.54, 1.807) is 0 Å². The SMILES string of the molecule is Cc1ccc(N)c(CN2CCCC3(CCN(c4cnc5ccccc5n4)CC3)C2=O)c1.N=CC=N. The van der Waals surface area contributed by atoms with Crippen LogP contribution in [0.2, 0.25) is 0 Å². The third-order valence-corrected chi connectivity index (χ3v) is 7.05. The number of anilines is 2. The quantitative estimate of drug-likeness (QED) is 0.388. The highest BCUT2D eigenvalue weighted by Gasteiger charge is 2.45. The lowest BCUT2D eigenvalue weighted by molar-refractivity contribution is -0.148. The third kappa shape index (κ3) is 5.31. The highest BCUT2D eigenvalue weighted by Crippen LogP contribution is 2.42. The minimum absolute atomic E-state index is 0.252. The number of fused-ring (bicyclic) bond motifs is 1. The second kappa shape index (κ2) is 10.6. The zero-order valence-corrected chi connectivity index (χ0v) is 20.2. The molecule has 2 aromatic carbocycles. The fourth-order valence-corrected chi connectivity index (χ4v) is 5.11. The van der Waals surface area contributed by atoms with Gasteiger partial charge in [0, 0.05) is 44.3 Å². The number of aromatic nitrogens is 2. The number of nitrogens with zero attached hydrogens (tertiary/aromatic N) is 4.